The number of aromatic nitrogens is 2. The molecule has 0 radical (unpaired) electrons. The summed E-state index contributed by atoms with van der Waals surface area (Å²) in [6.45, 7) is 14.3. The van der Waals surface area contributed by atoms with Gasteiger partial charge in [0.15, 0.2) is 0 Å². The fourth-order valence-electron chi connectivity index (χ4n) is 2.96. The van der Waals surface area contributed by atoms with Crippen LogP contribution >= 0.6 is 0 Å². The molecule has 1 aromatic rings. The third-order valence-corrected chi connectivity index (χ3v) is 4.23. The molecule has 0 N–H and O–H groups in total. The van der Waals surface area contributed by atoms with Crippen LogP contribution in [0.3, 0.4) is 0 Å². The summed E-state index contributed by atoms with van der Waals surface area (Å²) < 4.78 is 2.25. The summed E-state index contributed by atoms with van der Waals surface area (Å²) in [7, 11) is 0. The Hall–Kier alpha value is -1.36. The highest BCUT2D eigenvalue weighted by Crippen LogP contribution is 2.12. The van der Waals surface area contributed by atoms with E-state index in [9.17, 15) is 4.79 Å². The molecule has 22 heavy (non-hydrogen) atoms. The van der Waals surface area contributed by atoms with Crippen molar-refractivity contribution in [2.45, 2.75) is 46.6 Å². The lowest BCUT2D eigenvalue weighted by atomic mass is 10.1. The van der Waals surface area contributed by atoms with E-state index >= 15 is 0 Å². The van der Waals surface area contributed by atoms with Crippen LogP contribution in [0.15, 0.2) is 12.4 Å². The number of carbonyl (C=O) groups is 1. The first-order chi connectivity index (χ1) is 10.5. The first kappa shape index (κ1) is 17.0. The molecular formula is C17H30N4O. The molecule has 5 nitrogen and oxygen atoms in total. The van der Waals surface area contributed by atoms with Gasteiger partial charge in [0, 0.05) is 64.0 Å². The second kappa shape index (κ2) is 7.77. The van der Waals surface area contributed by atoms with Crippen LogP contribution in [0, 0.1) is 5.92 Å². The molecule has 2 heterocycles. The molecule has 0 aromatic carbocycles. The first-order valence-corrected chi connectivity index (χ1v) is 8.48. The van der Waals surface area contributed by atoms with Gasteiger partial charge in [0.25, 0.3) is 0 Å². The number of imidazole rings is 1. The van der Waals surface area contributed by atoms with Crippen LogP contribution in [0.2, 0.25) is 0 Å². The van der Waals surface area contributed by atoms with Crippen LogP contribution in [0.25, 0.3) is 0 Å². The van der Waals surface area contributed by atoms with Crippen molar-refractivity contribution in [2.75, 3.05) is 32.7 Å². The van der Waals surface area contributed by atoms with E-state index in [-0.39, 0.29) is 0 Å². The van der Waals surface area contributed by atoms with Crippen molar-refractivity contribution in [3.05, 3.63) is 18.2 Å². The molecule has 0 saturated carbocycles. The van der Waals surface area contributed by atoms with Gasteiger partial charge >= 0.3 is 0 Å². The zero-order chi connectivity index (χ0) is 16.1. The lowest BCUT2D eigenvalue weighted by Crippen LogP contribution is -2.49. The van der Waals surface area contributed by atoms with E-state index in [1.165, 1.54) is 0 Å². The molecule has 1 amide bonds. The Balaban J connectivity index is 1.76. The van der Waals surface area contributed by atoms with Crippen molar-refractivity contribution >= 4 is 5.91 Å². The van der Waals surface area contributed by atoms with Gasteiger partial charge in [-0.2, -0.15) is 0 Å². The molecule has 2 rings (SSSR count). The third-order valence-electron chi connectivity index (χ3n) is 4.23. The largest absolute Gasteiger partial charge is 0.340 e. The maximum absolute atomic E-state index is 12.1. The highest BCUT2D eigenvalue weighted by Gasteiger charge is 2.21. The Morgan fingerprint density at radius 3 is 2.41 bits per heavy atom. The quantitative estimate of drug-likeness (QED) is 0.809. The van der Waals surface area contributed by atoms with E-state index in [0.29, 0.717) is 24.2 Å². The fourth-order valence-corrected chi connectivity index (χ4v) is 2.96. The number of rotatable bonds is 6. The van der Waals surface area contributed by atoms with Crippen molar-refractivity contribution in [3.8, 4) is 0 Å². The zero-order valence-electron chi connectivity index (χ0n) is 14.5. The molecule has 5 heteroatoms. The Morgan fingerprint density at radius 2 is 1.82 bits per heavy atom. The molecule has 1 saturated heterocycles. The summed E-state index contributed by atoms with van der Waals surface area (Å²) in [6, 6.07) is 0. The minimum Gasteiger partial charge on any atom is -0.340 e. The van der Waals surface area contributed by atoms with Gasteiger partial charge in [0.1, 0.15) is 5.82 Å². The van der Waals surface area contributed by atoms with E-state index in [0.717, 1.165) is 45.1 Å². The molecule has 0 spiro atoms. The average Bonchev–Trinajstić information content (AvgIpc) is 2.93. The van der Waals surface area contributed by atoms with Gasteiger partial charge in [-0.25, -0.2) is 4.98 Å². The highest BCUT2D eigenvalue weighted by molar-refractivity contribution is 5.76. The maximum atomic E-state index is 12.1. The standard InChI is InChI=1S/C17H30N4O/c1-14(2)13-16(22)20-10-7-19(8-11-20)9-12-21-6-5-18-17(21)15(3)4/h5-6,14-15H,7-13H2,1-4H3. The Labute approximate surface area is 134 Å². The number of carbonyl (C=O) groups excluding carboxylic acids is 1. The monoisotopic (exact) mass is 306 g/mol. The SMILES string of the molecule is CC(C)CC(=O)N1CCN(CCn2ccnc2C(C)C)CC1. The van der Waals surface area contributed by atoms with Crippen molar-refractivity contribution in [1.29, 1.82) is 0 Å². The van der Waals surface area contributed by atoms with Gasteiger partial charge < -0.3 is 9.47 Å². The lowest BCUT2D eigenvalue weighted by molar-refractivity contribution is -0.133. The van der Waals surface area contributed by atoms with Gasteiger partial charge in [0.2, 0.25) is 5.91 Å². The van der Waals surface area contributed by atoms with Crippen LogP contribution in [-0.2, 0) is 11.3 Å². The van der Waals surface area contributed by atoms with Crippen LogP contribution in [0.4, 0.5) is 0 Å². The maximum Gasteiger partial charge on any atom is 0.222 e. The number of piperazine rings is 1. The number of hydrogen-bond acceptors (Lipinski definition) is 3. The Kier molecular flexibility index (Phi) is 6.00. The van der Waals surface area contributed by atoms with Gasteiger partial charge in [-0.15, -0.1) is 0 Å². The number of hydrogen-bond donors (Lipinski definition) is 0. The van der Waals surface area contributed by atoms with Gasteiger partial charge in [-0.1, -0.05) is 27.7 Å². The van der Waals surface area contributed by atoms with E-state index in [1.807, 2.05) is 11.1 Å². The van der Waals surface area contributed by atoms with Crippen LogP contribution in [0.1, 0.15) is 45.9 Å². The molecule has 0 aliphatic carbocycles. The minimum absolute atomic E-state index is 0.311. The van der Waals surface area contributed by atoms with Crippen molar-refractivity contribution in [3.63, 3.8) is 0 Å². The predicted molar refractivity (Wildman–Crippen MR) is 88.8 cm³/mol. The highest BCUT2D eigenvalue weighted by atomic mass is 16.2. The fraction of sp³-hybridized carbons (Fsp3) is 0.765. The lowest BCUT2D eigenvalue weighted by Gasteiger charge is -2.35. The summed E-state index contributed by atoms with van der Waals surface area (Å²) in [5, 5.41) is 0. The van der Waals surface area contributed by atoms with Crippen LogP contribution in [0.5, 0.6) is 0 Å². The summed E-state index contributed by atoms with van der Waals surface area (Å²) in [5.41, 5.74) is 0. The summed E-state index contributed by atoms with van der Waals surface area (Å²) >= 11 is 0. The first-order valence-electron chi connectivity index (χ1n) is 8.48. The van der Waals surface area contributed by atoms with E-state index in [2.05, 4.69) is 48.3 Å². The molecule has 0 atom stereocenters. The summed E-state index contributed by atoms with van der Waals surface area (Å²) in [4.78, 5) is 21.0. The molecule has 1 aromatic heterocycles. The van der Waals surface area contributed by atoms with E-state index < -0.39 is 0 Å². The normalized spacial score (nSPS) is 16.7. The second-order valence-corrected chi connectivity index (χ2v) is 6.95. The van der Waals surface area contributed by atoms with Gasteiger partial charge in [-0.3, -0.25) is 9.69 Å². The van der Waals surface area contributed by atoms with Gasteiger partial charge in [0.05, 0.1) is 0 Å². The molecule has 1 aliphatic rings. The summed E-state index contributed by atoms with van der Waals surface area (Å²) in [6.07, 6.45) is 4.63. The molecule has 124 valence electrons. The third kappa shape index (κ3) is 4.57. The van der Waals surface area contributed by atoms with E-state index in [4.69, 9.17) is 0 Å². The smallest absolute Gasteiger partial charge is 0.222 e. The predicted octanol–water partition coefficient (Wildman–Crippen LogP) is 2.20. The van der Waals surface area contributed by atoms with Crippen molar-refractivity contribution < 1.29 is 4.79 Å². The molecule has 0 unspecified atom stereocenters. The Bertz CT molecular complexity index is 473. The minimum atomic E-state index is 0.311. The number of amides is 1. The van der Waals surface area contributed by atoms with Gasteiger partial charge in [-0.05, 0) is 5.92 Å². The van der Waals surface area contributed by atoms with Crippen LogP contribution in [-0.4, -0.2) is 58.0 Å². The molecule has 1 fully saturated rings. The van der Waals surface area contributed by atoms with E-state index in [1.54, 1.807) is 0 Å². The zero-order valence-corrected chi connectivity index (χ0v) is 14.5. The molecule has 1 aliphatic heterocycles. The van der Waals surface area contributed by atoms with Crippen molar-refractivity contribution in [1.82, 2.24) is 19.4 Å². The van der Waals surface area contributed by atoms with Crippen LogP contribution < -0.4 is 0 Å². The van der Waals surface area contributed by atoms with Crippen molar-refractivity contribution in [2.24, 2.45) is 5.92 Å². The second-order valence-electron chi connectivity index (χ2n) is 6.95. The molecular weight excluding hydrogens is 276 g/mol. The molecule has 0 bridgehead atoms. The topological polar surface area (TPSA) is 41.4 Å². The summed E-state index contributed by atoms with van der Waals surface area (Å²) in [5.74, 6) is 2.37. The number of nitrogens with zero attached hydrogens (tertiary/aromatic N) is 4. The average molecular weight is 306 g/mol. The Morgan fingerprint density at radius 1 is 1.14 bits per heavy atom.